The summed E-state index contributed by atoms with van der Waals surface area (Å²) in [6.45, 7) is 12.1. The lowest BCUT2D eigenvalue weighted by Crippen LogP contribution is -2.48. The molecule has 0 unspecified atom stereocenters. The Balaban J connectivity index is 1.58. The molecule has 5 heteroatoms. The molecule has 0 bridgehead atoms. The molecule has 2 N–H and O–H groups in total. The lowest BCUT2D eigenvalue weighted by molar-refractivity contribution is 0.0952. The number of hydrogen-bond donors (Lipinski definition) is 2. The van der Waals surface area contributed by atoms with Crippen LogP contribution in [0.5, 0.6) is 5.75 Å². The smallest absolute Gasteiger partial charge is 0.275 e. The van der Waals surface area contributed by atoms with Crippen LogP contribution in [-0.2, 0) is 0 Å². The molecule has 4 rings (SSSR count). The summed E-state index contributed by atoms with van der Waals surface area (Å²) in [5, 5.41) is 16.2. The Labute approximate surface area is 189 Å². The van der Waals surface area contributed by atoms with Gasteiger partial charge in [0.05, 0.1) is 11.8 Å². The van der Waals surface area contributed by atoms with Crippen molar-refractivity contribution in [2.75, 3.05) is 11.4 Å². The Morgan fingerprint density at radius 3 is 2.59 bits per heavy atom. The number of rotatable bonds is 4. The molecule has 0 saturated carbocycles. The Bertz CT molecular complexity index is 1210. The van der Waals surface area contributed by atoms with E-state index in [4.69, 9.17) is 0 Å². The molecule has 3 aromatic carbocycles. The summed E-state index contributed by atoms with van der Waals surface area (Å²) in [6.07, 6.45) is 2.78. The van der Waals surface area contributed by atoms with Gasteiger partial charge in [-0.1, -0.05) is 31.2 Å². The van der Waals surface area contributed by atoms with Crippen molar-refractivity contribution in [1.82, 2.24) is 5.43 Å². The van der Waals surface area contributed by atoms with Crippen molar-refractivity contribution in [1.29, 1.82) is 0 Å². The minimum Gasteiger partial charge on any atom is -0.507 e. The largest absolute Gasteiger partial charge is 0.507 e. The second-order valence-corrected chi connectivity index (χ2v) is 9.35. The van der Waals surface area contributed by atoms with Gasteiger partial charge in [-0.05, 0) is 91.8 Å². The minimum absolute atomic E-state index is 0.0579. The van der Waals surface area contributed by atoms with Gasteiger partial charge >= 0.3 is 0 Å². The van der Waals surface area contributed by atoms with E-state index in [1.807, 2.05) is 24.3 Å². The molecule has 0 aromatic heterocycles. The number of nitrogens with zero attached hydrogens (tertiary/aromatic N) is 2. The van der Waals surface area contributed by atoms with E-state index >= 15 is 0 Å². The molecule has 32 heavy (non-hydrogen) atoms. The SMILES string of the molecule is CCN1c2cc(C)c(/C=N\NC(=O)c3cc4ccccc4cc3O)cc2[C@@H](C)CC1(C)C. The quantitative estimate of drug-likeness (QED) is 0.411. The first kappa shape index (κ1) is 21.9. The standard InChI is InChI=1S/C27H31N3O2/c1-6-30-24-11-17(2)21(13-22(24)18(3)15-27(30,4)5)16-28-29-26(32)23-12-19-9-7-8-10-20(19)14-25(23)31/h7-14,16,18,31H,6,15H2,1-5H3,(H,29,32)/b28-16-/t18-/m0/s1. The monoisotopic (exact) mass is 429 g/mol. The predicted molar refractivity (Wildman–Crippen MR) is 132 cm³/mol. The molecule has 166 valence electrons. The van der Waals surface area contributed by atoms with Crippen LogP contribution >= 0.6 is 0 Å². The third kappa shape index (κ3) is 3.95. The third-order valence-electron chi connectivity index (χ3n) is 6.57. The summed E-state index contributed by atoms with van der Waals surface area (Å²) >= 11 is 0. The molecule has 0 saturated heterocycles. The van der Waals surface area contributed by atoms with Crippen LogP contribution in [0.25, 0.3) is 10.8 Å². The van der Waals surface area contributed by atoms with Crippen LogP contribution in [0.3, 0.4) is 0 Å². The minimum atomic E-state index is -0.438. The van der Waals surface area contributed by atoms with Crippen LogP contribution < -0.4 is 10.3 Å². The average molecular weight is 430 g/mol. The van der Waals surface area contributed by atoms with Crippen LogP contribution in [0.1, 0.15) is 67.1 Å². The van der Waals surface area contributed by atoms with Crippen LogP contribution in [0.2, 0.25) is 0 Å². The van der Waals surface area contributed by atoms with Gasteiger partial charge in [-0.2, -0.15) is 5.10 Å². The topological polar surface area (TPSA) is 64.9 Å². The summed E-state index contributed by atoms with van der Waals surface area (Å²) < 4.78 is 0. The van der Waals surface area contributed by atoms with Gasteiger partial charge in [0.15, 0.2) is 0 Å². The van der Waals surface area contributed by atoms with Gasteiger partial charge in [0, 0.05) is 17.8 Å². The van der Waals surface area contributed by atoms with Crippen molar-refractivity contribution in [3.05, 3.63) is 70.8 Å². The van der Waals surface area contributed by atoms with E-state index in [0.29, 0.717) is 5.92 Å². The van der Waals surface area contributed by atoms with Gasteiger partial charge < -0.3 is 10.0 Å². The predicted octanol–water partition coefficient (Wildman–Crippen LogP) is 5.73. The number of nitrogens with one attached hydrogen (secondary N) is 1. The van der Waals surface area contributed by atoms with Crippen LogP contribution in [-0.4, -0.2) is 29.3 Å². The maximum Gasteiger partial charge on any atom is 0.275 e. The van der Waals surface area contributed by atoms with E-state index in [0.717, 1.165) is 34.9 Å². The third-order valence-corrected chi connectivity index (χ3v) is 6.57. The second kappa shape index (κ2) is 8.30. The Morgan fingerprint density at radius 2 is 1.91 bits per heavy atom. The molecule has 5 nitrogen and oxygen atoms in total. The van der Waals surface area contributed by atoms with Gasteiger partial charge in [-0.15, -0.1) is 0 Å². The molecule has 3 aromatic rings. The first-order chi connectivity index (χ1) is 15.2. The molecule has 0 spiro atoms. The van der Waals surface area contributed by atoms with E-state index in [1.54, 1.807) is 18.3 Å². The van der Waals surface area contributed by atoms with E-state index in [-0.39, 0.29) is 16.9 Å². The summed E-state index contributed by atoms with van der Waals surface area (Å²) in [6, 6.07) is 15.3. The van der Waals surface area contributed by atoms with Crippen molar-refractivity contribution < 1.29 is 9.90 Å². The number of amides is 1. The van der Waals surface area contributed by atoms with Gasteiger partial charge in [-0.3, -0.25) is 4.79 Å². The molecule has 0 aliphatic carbocycles. The number of phenols is 1. The number of aromatic hydroxyl groups is 1. The van der Waals surface area contributed by atoms with E-state index < -0.39 is 5.91 Å². The van der Waals surface area contributed by atoms with Crippen molar-refractivity contribution in [2.24, 2.45) is 5.10 Å². The van der Waals surface area contributed by atoms with Crippen molar-refractivity contribution in [3.8, 4) is 5.75 Å². The molecule has 1 aliphatic rings. The maximum absolute atomic E-state index is 12.6. The Kier molecular flexibility index (Phi) is 5.68. The molecular formula is C27H31N3O2. The summed E-state index contributed by atoms with van der Waals surface area (Å²) in [5.41, 5.74) is 7.59. The molecule has 1 aliphatic heterocycles. The number of fused-ring (bicyclic) bond motifs is 2. The van der Waals surface area contributed by atoms with E-state index in [1.165, 1.54) is 11.3 Å². The fourth-order valence-electron chi connectivity index (χ4n) is 5.02. The Morgan fingerprint density at radius 1 is 1.22 bits per heavy atom. The molecule has 0 fully saturated rings. The van der Waals surface area contributed by atoms with Crippen molar-refractivity contribution in [2.45, 2.75) is 52.5 Å². The number of aryl methyl sites for hydroxylation is 1. The summed E-state index contributed by atoms with van der Waals surface area (Å²) in [4.78, 5) is 15.1. The normalized spacial score (nSPS) is 17.5. The number of carbonyl (C=O) groups excluding carboxylic acids is 1. The maximum atomic E-state index is 12.6. The zero-order valence-corrected chi connectivity index (χ0v) is 19.4. The van der Waals surface area contributed by atoms with Gasteiger partial charge in [0.1, 0.15) is 5.75 Å². The number of benzene rings is 3. The zero-order chi connectivity index (χ0) is 23.0. The number of phenolic OH excluding ortho intramolecular Hbond substituents is 1. The number of anilines is 1. The van der Waals surface area contributed by atoms with Crippen molar-refractivity contribution >= 4 is 28.6 Å². The highest BCUT2D eigenvalue weighted by atomic mass is 16.3. The number of hydrogen-bond acceptors (Lipinski definition) is 4. The average Bonchev–Trinajstić information content (AvgIpc) is 2.73. The molecule has 1 atom stereocenters. The van der Waals surface area contributed by atoms with Gasteiger partial charge in [0.2, 0.25) is 0 Å². The lowest BCUT2D eigenvalue weighted by atomic mass is 9.79. The molecule has 0 radical (unpaired) electrons. The number of carbonyl (C=O) groups is 1. The fourth-order valence-corrected chi connectivity index (χ4v) is 5.02. The Hall–Kier alpha value is -3.34. The van der Waals surface area contributed by atoms with Crippen molar-refractivity contribution in [3.63, 3.8) is 0 Å². The summed E-state index contributed by atoms with van der Waals surface area (Å²) in [7, 11) is 0. The van der Waals surface area contributed by atoms with Crippen LogP contribution in [0, 0.1) is 6.92 Å². The second-order valence-electron chi connectivity index (χ2n) is 9.35. The van der Waals surface area contributed by atoms with E-state index in [2.05, 4.69) is 62.2 Å². The highest BCUT2D eigenvalue weighted by molar-refractivity contribution is 6.01. The van der Waals surface area contributed by atoms with Gasteiger partial charge in [0.25, 0.3) is 5.91 Å². The lowest BCUT2D eigenvalue weighted by Gasteiger charge is -2.47. The first-order valence-electron chi connectivity index (χ1n) is 11.2. The van der Waals surface area contributed by atoms with Gasteiger partial charge in [-0.25, -0.2) is 5.43 Å². The highest BCUT2D eigenvalue weighted by Crippen LogP contribution is 2.44. The molecule has 1 amide bonds. The van der Waals surface area contributed by atoms with E-state index in [9.17, 15) is 9.90 Å². The zero-order valence-electron chi connectivity index (χ0n) is 19.4. The van der Waals surface area contributed by atoms with Crippen LogP contribution in [0.15, 0.2) is 53.6 Å². The molecule has 1 heterocycles. The van der Waals surface area contributed by atoms with Crippen LogP contribution in [0.4, 0.5) is 5.69 Å². The first-order valence-corrected chi connectivity index (χ1v) is 11.2. The number of hydrazone groups is 1. The highest BCUT2D eigenvalue weighted by Gasteiger charge is 2.35. The fraction of sp³-hybridized carbons (Fsp3) is 0.333. The molecular weight excluding hydrogens is 398 g/mol. The summed E-state index contributed by atoms with van der Waals surface area (Å²) in [5.74, 6) is -0.0514.